The lowest BCUT2D eigenvalue weighted by molar-refractivity contribution is -0.137. The smallest absolute Gasteiger partial charge is 0.306 e. The molecule has 1 aliphatic heterocycles. The lowest BCUT2D eigenvalue weighted by atomic mass is 10.0. The van der Waals surface area contributed by atoms with E-state index in [1.807, 2.05) is 0 Å². The maximum atomic E-state index is 13.2. The van der Waals surface area contributed by atoms with Gasteiger partial charge in [0.1, 0.15) is 0 Å². The van der Waals surface area contributed by atoms with E-state index in [1.54, 1.807) is 10.6 Å². The van der Waals surface area contributed by atoms with E-state index < -0.39 is 11.7 Å². The second-order valence-electron chi connectivity index (χ2n) is 6.78. The van der Waals surface area contributed by atoms with Gasteiger partial charge in [0.2, 0.25) is 0 Å². The van der Waals surface area contributed by atoms with Gasteiger partial charge in [-0.2, -0.15) is 13.2 Å². The van der Waals surface area contributed by atoms with Crippen molar-refractivity contribution in [3.63, 3.8) is 0 Å². The summed E-state index contributed by atoms with van der Waals surface area (Å²) in [5.41, 5.74) is -0.873. The second-order valence-corrected chi connectivity index (χ2v) is 6.78. The van der Waals surface area contributed by atoms with Crippen LogP contribution in [0.25, 0.3) is 11.3 Å². The Morgan fingerprint density at radius 2 is 1.80 bits per heavy atom. The molecule has 0 radical (unpaired) electrons. The third-order valence-corrected chi connectivity index (χ3v) is 4.89. The minimum Gasteiger partial charge on any atom is -0.306 e. The van der Waals surface area contributed by atoms with E-state index in [9.17, 15) is 18.0 Å². The molecular formula is C18H22F3N3O. The molecule has 1 N–H and O–H groups in total. The zero-order valence-electron chi connectivity index (χ0n) is 14.3. The Kier molecular flexibility index (Phi) is 4.77. The number of piperidine rings is 1. The molecule has 2 heterocycles. The highest BCUT2D eigenvalue weighted by molar-refractivity contribution is 5.63. The number of nitrogens with zero attached hydrogens (tertiary/aromatic N) is 2. The number of imidazole rings is 1. The Hall–Kier alpha value is -2.02. The second kappa shape index (κ2) is 6.71. The lowest BCUT2D eigenvalue weighted by Crippen LogP contribution is -2.40. The maximum Gasteiger partial charge on any atom is 0.417 e. The summed E-state index contributed by atoms with van der Waals surface area (Å²) in [5, 5.41) is 0. The molecule has 1 saturated heterocycles. The summed E-state index contributed by atoms with van der Waals surface area (Å²) in [5.74, 6) is 0. The van der Waals surface area contributed by atoms with E-state index in [1.165, 1.54) is 18.3 Å². The summed E-state index contributed by atoms with van der Waals surface area (Å²) in [7, 11) is 0. The summed E-state index contributed by atoms with van der Waals surface area (Å²) in [6.07, 6.45) is -1.30. The van der Waals surface area contributed by atoms with Crippen molar-refractivity contribution >= 4 is 0 Å². The molecule has 25 heavy (non-hydrogen) atoms. The van der Waals surface area contributed by atoms with Crippen LogP contribution in [0, 0.1) is 0 Å². The highest BCUT2D eigenvalue weighted by Gasteiger charge is 2.34. The summed E-state index contributed by atoms with van der Waals surface area (Å²) >= 11 is 0. The van der Waals surface area contributed by atoms with Gasteiger partial charge in [-0.25, -0.2) is 4.79 Å². The van der Waals surface area contributed by atoms with Crippen LogP contribution in [0.3, 0.4) is 0 Å². The van der Waals surface area contributed by atoms with E-state index in [0.29, 0.717) is 6.04 Å². The molecule has 0 saturated carbocycles. The molecule has 1 aliphatic rings. The molecule has 0 amide bonds. The molecule has 136 valence electrons. The van der Waals surface area contributed by atoms with Crippen molar-refractivity contribution in [3.05, 3.63) is 46.5 Å². The first-order valence-corrected chi connectivity index (χ1v) is 8.49. The van der Waals surface area contributed by atoms with Crippen molar-refractivity contribution in [2.45, 2.75) is 44.9 Å². The van der Waals surface area contributed by atoms with Crippen LogP contribution in [-0.4, -0.2) is 33.6 Å². The van der Waals surface area contributed by atoms with Crippen molar-refractivity contribution in [1.82, 2.24) is 14.5 Å². The number of halogens is 3. The average Bonchev–Trinajstić information content (AvgIpc) is 2.96. The first-order valence-electron chi connectivity index (χ1n) is 8.49. The van der Waals surface area contributed by atoms with Gasteiger partial charge in [0.15, 0.2) is 0 Å². The SMILES string of the molecule is CC(C)N1CCC(n2cc(-c3ccccc3C(F)(F)F)[nH]c2=O)CC1. The Balaban J connectivity index is 1.89. The van der Waals surface area contributed by atoms with Gasteiger partial charge in [-0.3, -0.25) is 4.57 Å². The number of aromatic nitrogens is 2. The van der Waals surface area contributed by atoms with Gasteiger partial charge in [0.25, 0.3) is 0 Å². The van der Waals surface area contributed by atoms with Gasteiger partial charge in [0, 0.05) is 36.9 Å². The van der Waals surface area contributed by atoms with Gasteiger partial charge < -0.3 is 9.88 Å². The molecule has 1 aromatic carbocycles. The van der Waals surface area contributed by atoms with Crippen molar-refractivity contribution in [2.24, 2.45) is 0 Å². The fourth-order valence-corrected chi connectivity index (χ4v) is 3.46. The van der Waals surface area contributed by atoms with E-state index in [4.69, 9.17) is 0 Å². The van der Waals surface area contributed by atoms with Crippen LogP contribution in [0.1, 0.15) is 38.3 Å². The molecule has 1 fully saturated rings. The fourth-order valence-electron chi connectivity index (χ4n) is 3.46. The van der Waals surface area contributed by atoms with Crippen LogP contribution in [0.5, 0.6) is 0 Å². The zero-order chi connectivity index (χ0) is 18.2. The quantitative estimate of drug-likeness (QED) is 0.909. The standard InChI is InChI=1S/C18H22F3N3O/c1-12(2)23-9-7-13(8-10-23)24-11-16(22-17(24)25)14-5-3-4-6-15(14)18(19,20)21/h3-6,11-13H,7-10H2,1-2H3,(H,22,25). The summed E-state index contributed by atoms with van der Waals surface area (Å²) < 4.78 is 41.2. The molecule has 0 atom stereocenters. The van der Waals surface area contributed by atoms with Gasteiger partial charge in [-0.15, -0.1) is 0 Å². The van der Waals surface area contributed by atoms with E-state index in [0.717, 1.165) is 32.0 Å². The van der Waals surface area contributed by atoms with Crippen LogP contribution in [-0.2, 0) is 6.18 Å². The molecule has 0 aliphatic carbocycles. The molecule has 0 spiro atoms. The minimum absolute atomic E-state index is 0.00506. The topological polar surface area (TPSA) is 41.0 Å². The largest absolute Gasteiger partial charge is 0.417 e. The molecular weight excluding hydrogens is 331 g/mol. The number of hydrogen-bond donors (Lipinski definition) is 1. The van der Waals surface area contributed by atoms with Gasteiger partial charge in [-0.1, -0.05) is 18.2 Å². The van der Waals surface area contributed by atoms with Crippen molar-refractivity contribution in [1.29, 1.82) is 0 Å². The van der Waals surface area contributed by atoms with Crippen LogP contribution >= 0.6 is 0 Å². The predicted octanol–water partition coefficient (Wildman–Crippen LogP) is 3.91. The number of alkyl halides is 3. The van der Waals surface area contributed by atoms with E-state index in [2.05, 4.69) is 23.7 Å². The monoisotopic (exact) mass is 353 g/mol. The number of aromatic amines is 1. The lowest BCUT2D eigenvalue weighted by Gasteiger charge is -2.34. The number of hydrogen-bond acceptors (Lipinski definition) is 2. The number of benzene rings is 1. The molecule has 1 aromatic heterocycles. The first kappa shape index (κ1) is 17.8. The minimum atomic E-state index is -4.46. The normalized spacial score (nSPS) is 17.4. The van der Waals surface area contributed by atoms with Crippen molar-refractivity contribution in [3.8, 4) is 11.3 Å². The highest BCUT2D eigenvalue weighted by atomic mass is 19.4. The Morgan fingerprint density at radius 1 is 1.16 bits per heavy atom. The zero-order valence-corrected chi connectivity index (χ0v) is 14.3. The van der Waals surface area contributed by atoms with Crippen LogP contribution in [0.4, 0.5) is 13.2 Å². The molecule has 7 heteroatoms. The molecule has 3 rings (SSSR count). The Morgan fingerprint density at radius 3 is 2.40 bits per heavy atom. The number of likely N-dealkylation sites (tertiary alicyclic amines) is 1. The highest BCUT2D eigenvalue weighted by Crippen LogP contribution is 2.36. The number of nitrogens with one attached hydrogen (secondary N) is 1. The fraction of sp³-hybridized carbons (Fsp3) is 0.500. The summed E-state index contributed by atoms with van der Waals surface area (Å²) in [4.78, 5) is 17.2. The average molecular weight is 353 g/mol. The number of rotatable bonds is 3. The van der Waals surface area contributed by atoms with Crippen LogP contribution in [0.2, 0.25) is 0 Å². The van der Waals surface area contributed by atoms with Crippen molar-refractivity contribution in [2.75, 3.05) is 13.1 Å². The predicted molar refractivity (Wildman–Crippen MR) is 90.5 cm³/mol. The summed E-state index contributed by atoms with van der Waals surface area (Å²) in [6.45, 7) is 6.03. The van der Waals surface area contributed by atoms with Crippen LogP contribution < -0.4 is 5.69 Å². The molecule has 4 nitrogen and oxygen atoms in total. The molecule has 0 bridgehead atoms. The summed E-state index contributed by atoms with van der Waals surface area (Å²) in [6, 6.07) is 5.79. The Labute approximate surface area is 144 Å². The van der Waals surface area contributed by atoms with E-state index >= 15 is 0 Å². The molecule has 2 aromatic rings. The maximum absolute atomic E-state index is 13.2. The van der Waals surface area contributed by atoms with Gasteiger partial charge in [0.05, 0.1) is 11.3 Å². The van der Waals surface area contributed by atoms with Gasteiger partial charge >= 0.3 is 11.9 Å². The van der Waals surface area contributed by atoms with Crippen molar-refractivity contribution < 1.29 is 13.2 Å². The first-order chi connectivity index (χ1) is 11.8. The third-order valence-electron chi connectivity index (χ3n) is 4.89. The van der Waals surface area contributed by atoms with Crippen LogP contribution in [0.15, 0.2) is 35.3 Å². The molecule has 0 unspecified atom stereocenters. The van der Waals surface area contributed by atoms with E-state index in [-0.39, 0.29) is 23.0 Å². The third kappa shape index (κ3) is 3.66. The number of H-pyrrole nitrogens is 1. The Bertz CT molecular complexity index is 783. The van der Waals surface area contributed by atoms with Gasteiger partial charge in [-0.05, 0) is 32.8 Å².